The summed E-state index contributed by atoms with van der Waals surface area (Å²) in [5.74, 6) is 1.25. The van der Waals surface area contributed by atoms with Crippen molar-refractivity contribution in [1.29, 1.82) is 0 Å². The number of aromatic nitrogens is 3. The third-order valence-corrected chi connectivity index (χ3v) is 5.19. The third-order valence-electron chi connectivity index (χ3n) is 4.21. The molecule has 3 aromatic rings. The maximum atomic E-state index is 12.9. The van der Waals surface area contributed by atoms with Crippen molar-refractivity contribution in [3.8, 4) is 11.5 Å². The molecule has 3 rings (SSSR count). The van der Waals surface area contributed by atoms with Crippen LogP contribution in [0.4, 0.5) is 5.69 Å². The first-order valence-electron chi connectivity index (χ1n) is 9.42. The molecule has 9 heteroatoms. The summed E-state index contributed by atoms with van der Waals surface area (Å²) in [6.45, 7) is 4.56. The van der Waals surface area contributed by atoms with Crippen LogP contribution in [0.3, 0.4) is 0 Å². The van der Waals surface area contributed by atoms with Gasteiger partial charge in [0.25, 0.3) is 5.56 Å². The standard InChI is InChI=1S/C21H24N4O4S/c1-13(2)11-25-20(27)17-6-5-7-22-19(17)24-21(25)30-12-18(26)23-14-8-15(28-3)10-16(9-14)29-4/h5-10,13H,11-12H2,1-4H3,(H,23,26). The minimum absolute atomic E-state index is 0.0857. The number of nitrogens with zero attached hydrogens (tertiary/aromatic N) is 3. The van der Waals surface area contributed by atoms with Gasteiger partial charge in [-0.15, -0.1) is 0 Å². The van der Waals surface area contributed by atoms with E-state index in [2.05, 4.69) is 15.3 Å². The fourth-order valence-corrected chi connectivity index (χ4v) is 3.68. The molecule has 0 radical (unpaired) electrons. The van der Waals surface area contributed by atoms with Gasteiger partial charge in [-0.3, -0.25) is 14.2 Å². The summed E-state index contributed by atoms with van der Waals surface area (Å²) < 4.78 is 12.1. The number of carbonyl (C=O) groups is 1. The first kappa shape index (κ1) is 21.6. The van der Waals surface area contributed by atoms with E-state index in [4.69, 9.17) is 9.47 Å². The Balaban J connectivity index is 1.81. The second-order valence-electron chi connectivity index (χ2n) is 7.02. The van der Waals surface area contributed by atoms with Crippen molar-refractivity contribution >= 4 is 34.4 Å². The molecule has 0 aliphatic heterocycles. The van der Waals surface area contributed by atoms with Crippen LogP contribution in [0.5, 0.6) is 11.5 Å². The Morgan fingerprint density at radius 3 is 2.53 bits per heavy atom. The molecule has 1 N–H and O–H groups in total. The van der Waals surface area contributed by atoms with Gasteiger partial charge in [0.2, 0.25) is 5.91 Å². The van der Waals surface area contributed by atoms with Gasteiger partial charge in [0.15, 0.2) is 10.8 Å². The lowest BCUT2D eigenvalue weighted by atomic mass is 10.2. The number of benzene rings is 1. The lowest BCUT2D eigenvalue weighted by molar-refractivity contribution is -0.113. The maximum Gasteiger partial charge on any atom is 0.263 e. The van der Waals surface area contributed by atoms with E-state index in [0.29, 0.717) is 39.9 Å². The van der Waals surface area contributed by atoms with E-state index in [1.54, 1.807) is 55.3 Å². The van der Waals surface area contributed by atoms with Crippen LogP contribution in [0.25, 0.3) is 11.0 Å². The zero-order valence-electron chi connectivity index (χ0n) is 17.3. The number of rotatable bonds is 8. The number of methoxy groups -OCH3 is 2. The van der Waals surface area contributed by atoms with Crippen LogP contribution >= 0.6 is 11.8 Å². The van der Waals surface area contributed by atoms with E-state index in [9.17, 15) is 9.59 Å². The molecule has 0 spiro atoms. The molecule has 2 heterocycles. The van der Waals surface area contributed by atoms with Crippen LogP contribution in [-0.4, -0.2) is 40.4 Å². The number of ether oxygens (including phenoxy) is 2. The molecule has 2 aromatic heterocycles. The lowest BCUT2D eigenvalue weighted by Crippen LogP contribution is -2.26. The summed E-state index contributed by atoms with van der Waals surface area (Å²) in [5.41, 5.74) is 0.787. The number of anilines is 1. The molecule has 8 nitrogen and oxygen atoms in total. The highest BCUT2D eigenvalue weighted by molar-refractivity contribution is 7.99. The van der Waals surface area contributed by atoms with Crippen LogP contribution in [0.2, 0.25) is 0 Å². The zero-order chi connectivity index (χ0) is 21.7. The number of carbonyl (C=O) groups excluding carboxylic acids is 1. The van der Waals surface area contributed by atoms with Crippen molar-refractivity contribution in [2.45, 2.75) is 25.5 Å². The number of nitrogens with one attached hydrogen (secondary N) is 1. The number of hydrogen-bond donors (Lipinski definition) is 1. The number of fused-ring (bicyclic) bond motifs is 1. The van der Waals surface area contributed by atoms with Crippen molar-refractivity contribution in [3.63, 3.8) is 0 Å². The normalized spacial score (nSPS) is 11.0. The molecule has 0 fully saturated rings. The van der Waals surface area contributed by atoms with Crippen LogP contribution in [-0.2, 0) is 11.3 Å². The summed E-state index contributed by atoms with van der Waals surface area (Å²) >= 11 is 1.20. The van der Waals surface area contributed by atoms with Crippen LogP contribution < -0.4 is 20.3 Å². The Hall–Kier alpha value is -3.07. The topological polar surface area (TPSA) is 95.3 Å². The molecule has 158 valence electrons. The number of amides is 1. The molecule has 0 bridgehead atoms. The summed E-state index contributed by atoms with van der Waals surface area (Å²) in [5, 5.41) is 3.76. The molecule has 0 atom stereocenters. The molecule has 0 unspecified atom stereocenters. The van der Waals surface area contributed by atoms with Crippen molar-refractivity contribution in [2.24, 2.45) is 5.92 Å². The molecular formula is C21H24N4O4S. The second kappa shape index (κ2) is 9.62. The minimum Gasteiger partial charge on any atom is -0.497 e. The Labute approximate surface area is 178 Å². The van der Waals surface area contributed by atoms with E-state index < -0.39 is 0 Å². The molecule has 30 heavy (non-hydrogen) atoms. The molecular weight excluding hydrogens is 404 g/mol. The molecule has 0 saturated heterocycles. The van der Waals surface area contributed by atoms with Gasteiger partial charge in [0, 0.05) is 36.6 Å². The molecule has 0 aliphatic carbocycles. The zero-order valence-corrected chi connectivity index (χ0v) is 18.2. The summed E-state index contributed by atoms with van der Waals surface area (Å²) in [7, 11) is 3.09. The van der Waals surface area contributed by atoms with Gasteiger partial charge >= 0.3 is 0 Å². The van der Waals surface area contributed by atoms with Gasteiger partial charge in [-0.25, -0.2) is 9.97 Å². The highest BCUT2D eigenvalue weighted by atomic mass is 32.2. The van der Waals surface area contributed by atoms with Gasteiger partial charge in [0.1, 0.15) is 11.5 Å². The highest BCUT2D eigenvalue weighted by Gasteiger charge is 2.15. The summed E-state index contributed by atoms with van der Waals surface area (Å²) in [6, 6.07) is 8.57. The van der Waals surface area contributed by atoms with E-state index in [1.807, 2.05) is 13.8 Å². The Bertz CT molecular complexity index is 1090. The number of thioether (sulfide) groups is 1. The van der Waals surface area contributed by atoms with E-state index in [1.165, 1.54) is 11.8 Å². The fraction of sp³-hybridized carbons (Fsp3) is 0.333. The average molecular weight is 429 g/mol. The average Bonchev–Trinajstić information content (AvgIpc) is 2.74. The van der Waals surface area contributed by atoms with Crippen LogP contribution in [0.15, 0.2) is 46.5 Å². The molecule has 1 amide bonds. The molecule has 1 aromatic carbocycles. The van der Waals surface area contributed by atoms with Gasteiger partial charge in [-0.05, 0) is 18.1 Å². The predicted octanol–water partition coefficient (Wildman–Crippen LogP) is 3.20. The lowest BCUT2D eigenvalue weighted by Gasteiger charge is -2.14. The summed E-state index contributed by atoms with van der Waals surface area (Å²) in [6.07, 6.45) is 1.60. The van der Waals surface area contributed by atoms with Gasteiger partial charge in [0.05, 0.1) is 25.4 Å². The minimum atomic E-state index is -0.234. The first-order chi connectivity index (χ1) is 14.4. The van der Waals surface area contributed by atoms with Crippen molar-refractivity contribution in [1.82, 2.24) is 14.5 Å². The van der Waals surface area contributed by atoms with Gasteiger partial charge in [-0.1, -0.05) is 25.6 Å². The third kappa shape index (κ3) is 5.10. The highest BCUT2D eigenvalue weighted by Crippen LogP contribution is 2.26. The Morgan fingerprint density at radius 1 is 1.20 bits per heavy atom. The smallest absolute Gasteiger partial charge is 0.263 e. The monoisotopic (exact) mass is 428 g/mol. The fourth-order valence-electron chi connectivity index (χ4n) is 2.88. The van der Waals surface area contributed by atoms with Gasteiger partial charge < -0.3 is 14.8 Å². The number of pyridine rings is 1. The molecule has 0 aliphatic rings. The largest absolute Gasteiger partial charge is 0.497 e. The Kier molecular flexibility index (Phi) is 6.94. The Morgan fingerprint density at radius 2 is 1.90 bits per heavy atom. The molecule has 0 saturated carbocycles. The first-order valence-corrected chi connectivity index (χ1v) is 10.4. The van der Waals surface area contributed by atoms with Crippen molar-refractivity contribution in [2.75, 3.05) is 25.3 Å². The van der Waals surface area contributed by atoms with Crippen LogP contribution in [0, 0.1) is 5.92 Å². The maximum absolute atomic E-state index is 12.9. The summed E-state index contributed by atoms with van der Waals surface area (Å²) in [4.78, 5) is 34.1. The van der Waals surface area contributed by atoms with Crippen molar-refractivity contribution in [3.05, 3.63) is 46.9 Å². The van der Waals surface area contributed by atoms with E-state index >= 15 is 0 Å². The van der Waals surface area contributed by atoms with E-state index in [0.717, 1.165) is 0 Å². The van der Waals surface area contributed by atoms with Crippen LogP contribution in [0.1, 0.15) is 13.8 Å². The van der Waals surface area contributed by atoms with Gasteiger partial charge in [-0.2, -0.15) is 0 Å². The van der Waals surface area contributed by atoms with E-state index in [-0.39, 0.29) is 23.1 Å². The number of hydrogen-bond acceptors (Lipinski definition) is 7. The quantitative estimate of drug-likeness (QED) is 0.435. The second-order valence-corrected chi connectivity index (χ2v) is 7.96. The predicted molar refractivity (Wildman–Crippen MR) is 118 cm³/mol. The SMILES string of the molecule is COc1cc(NC(=O)CSc2nc3ncccc3c(=O)n2CC(C)C)cc(OC)c1. The van der Waals surface area contributed by atoms with Crippen molar-refractivity contribution < 1.29 is 14.3 Å².